The molecular weight excluding hydrogens is 252 g/mol. The zero-order valence-corrected chi connectivity index (χ0v) is 11.1. The fourth-order valence-corrected chi connectivity index (χ4v) is 4.45. The largest absolute Gasteiger partial charge is 0.311 e. The Morgan fingerprint density at radius 1 is 1.33 bits per heavy atom. The average molecular weight is 270 g/mol. The van der Waals surface area contributed by atoms with Crippen LogP contribution in [0.25, 0.3) is 0 Å². The number of hydrogen-bond donors (Lipinski definition) is 3. The van der Waals surface area contributed by atoms with Gasteiger partial charge in [-0.3, -0.25) is 5.10 Å². The van der Waals surface area contributed by atoms with Gasteiger partial charge in [-0.05, 0) is 32.6 Å². The first-order chi connectivity index (χ1) is 8.54. The van der Waals surface area contributed by atoms with Crippen LogP contribution in [0.3, 0.4) is 0 Å². The van der Waals surface area contributed by atoms with Crippen LogP contribution in [0, 0.1) is 6.92 Å². The molecule has 2 aliphatic rings. The summed E-state index contributed by atoms with van der Waals surface area (Å²) in [5, 5.41) is 9.93. The van der Waals surface area contributed by atoms with Crippen molar-refractivity contribution in [3.63, 3.8) is 0 Å². The van der Waals surface area contributed by atoms with E-state index in [2.05, 4.69) is 20.2 Å². The maximum absolute atomic E-state index is 12.2. The summed E-state index contributed by atoms with van der Waals surface area (Å²) in [5.74, 6) is 0. The lowest BCUT2D eigenvalue weighted by molar-refractivity contribution is 0.345. The van der Waals surface area contributed by atoms with Crippen LogP contribution in [0.2, 0.25) is 0 Å². The van der Waals surface area contributed by atoms with Gasteiger partial charge in [0.1, 0.15) is 4.90 Å². The maximum Gasteiger partial charge on any atom is 0.244 e. The molecule has 18 heavy (non-hydrogen) atoms. The van der Waals surface area contributed by atoms with Crippen LogP contribution in [0.5, 0.6) is 0 Å². The van der Waals surface area contributed by atoms with Crippen molar-refractivity contribution in [1.82, 2.24) is 20.2 Å². The molecule has 3 N–H and O–H groups in total. The number of aromatic amines is 1. The Bertz CT molecular complexity index is 527. The van der Waals surface area contributed by atoms with Crippen molar-refractivity contribution in [3.05, 3.63) is 11.9 Å². The van der Waals surface area contributed by atoms with Crippen molar-refractivity contribution < 1.29 is 8.42 Å². The number of hydrogen-bond acceptors (Lipinski definition) is 4. The number of nitrogens with zero attached hydrogens (tertiary/aromatic N) is 1. The summed E-state index contributed by atoms with van der Waals surface area (Å²) in [7, 11) is -3.44. The molecule has 0 aliphatic carbocycles. The van der Waals surface area contributed by atoms with Gasteiger partial charge in [0, 0.05) is 18.1 Å². The highest BCUT2D eigenvalue weighted by atomic mass is 32.2. The van der Waals surface area contributed by atoms with E-state index in [0.29, 0.717) is 17.8 Å². The first-order valence-electron chi connectivity index (χ1n) is 6.33. The van der Waals surface area contributed by atoms with Crippen LogP contribution in [-0.2, 0) is 10.0 Å². The zero-order valence-electron chi connectivity index (χ0n) is 10.3. The Kier molecular flexibility index (Phi) is 2.91. The maximum atomic E-state index is 12.2. The zero-order chi connectivity index (χ0) is 12.8. The number of sulfonamides is 1. The summed E-state index contributed by atoms with van der Waals surface area (Å²) in [6, 6.07) is 0.992. The fourth-order valence-electron chi connectivity index (χ4n) is 3.05. The molecule has 6 nitrogen and oxygen atoms in total. The van der Waals surface area contributed by atoms with Gasteiger partial charge in [0.25, 0.3) is 0 Å². The molecule has 0 amide bonds. The third-order valence-corrected chi connectivity index (χ3v) is 5.50. The van der Waals surface area contributed by atoms with Gasteiger partial charge in [-0.1, -0.05) is 0 Å². The van der Waals surface area contributed by atoms with Crippen molar-refractivity contribution in [2.45, 2.75) is 55.6 Å². The van der Waals surface area contributed by atoms with Gasteiger partial charge >= 0.3 is 0 Å². The average Bonchev–Trinajstić information content (AvgIpc) is 2.85. The van der Waals surface area contributed by atoms with Crippen molar-refractivity contribution in [2.24, 2.45) is 0 Å². The second-order valence-corrected chi connectivity index (χ2v) is 6.97. The topological polar surface area (TPSA) is 86.9 Å². The highest BCUT2D eigenvalue weighted by Crippen LogP contribution is 2.27. The smallest absolute Gasteiger partial charge is 0.244 e. The Labute approximate surface area is 107 Å². The predicted molar refractivity (Wildman–Crippen MR) is 66.6 cm³/mol. The first kappa shape index (κ1) is 12.1. The van der Waals surface area contributed by atoms with Crippen LogP contribution < -0.4 is 10.0 Å². The molecule has 1 aromatic rings. The standard InChI is InChI=1S/C11H18N4O2S/c1-7-11(6-12-14-7)18(16,17)15-10-4-8-2-3-9(5-10)13-8/h6,8-10,13,15H,2-5H2,1H3,(H,12,14). The molecular formula is C11H18N4O2S. The monoisotopic (exact) mass is 270 g/mol. The fraction of sp³-hybridized carbons (Fsp3) is 0.727. The summed E-state index contributed by atoms with van der Waals surface area (Å²) in [6.45, 7) is 1.72. The summed E-state index contributed by atoms with van der Waals surface area (Å²) >= 11 is 0. The molecule has 3 rings (SSSR count). The SMILES string of the molecule is Cc1[nH]ncc1S(=O)(=O)NC1CC2CCC(C1)N2. The number of fused-ring (bicyclic) bond motifs is 2. The second-order valence-electron chi connectivity index (χ2n) is 5.29. The Morgan fingerprint density at radius 2 is 2.00 bits per heavy atom. The van der Waals surface area contributed by atoms with Crippen LogP contribution in [0.15, 0.2) is 11.1 Å². The number of nitrogens with one attached hydrogen (secondary N) is 3. The molecule has 0 saturated carbocycles. The lowest BCUT2D eigenvalue weighted by atomic mass is 10.0. The van der Waals surface area contributed by atoms with Gasteiger partial charge < -0.3 is 5.32 Å². The van der Waals surface area contributed by atoms with E-state index in [-0.39, 0.29) is 10.9 Å². The van der Waals surface area contributed by atoms with Crippen LogP contribution >= 0.6 is 0 Å². The van der Waals surface area contributed by atoms with Crippen molar-refractivity contribution in [2.75, 3.05) is 0 Å². The van der Waals surface area contributed by atoms with Crippen LogP contribution in [0.1, 0.15) is 31.4 Å². The predicted octanol–water partition coefficient (Wildman–Crippen LogP) is 0.279. The molecule has 2 aliphatic heterocycles. The Hall–Kier alpha value is -0.920. The number of aromatic nitrogens is 2. The molecule has 2 fully saturated rings. The normalized spacial score (nSPS) is 31.7. The van der Waals surface area contributed by atoms with Crippen molar-refractivity contribution in [1.29, 1.82) is 0 Å². The minimum absolute atomic E-state index is 0.0445. The third-order valence-electron chi connectivity index (χ3n) is 3.87. The second kappa shape index (κ2) is 4.32. The minimum Gasteiger partial charge on any atom is -0.311 e. The van der Waals surface area contributed by atoms with Gasteiger partial charge in [0.2, 0.25) is 10.0 Å². The quantitative estimate of drug-likeness (QED) is 0.736. The lowest BCUT2D eigenvalue weighted by Crippen LogP contribution is -2.47. The van der Waals surface area contributed by atoms with Crippen molar-refractivity contribution in [3.8, 4) is 0 Å². The van der Waals surface area contributed by atoms with E-state index in [1.54, 1.807) is 6.92 Å². The Balaban J connectivity index is 1.75. The van der Waals surface area contributed by atoms with E-state index in [1.165, 1.54) is 6.20 Å². The Morgan fingerprint density at radius 3 is 2.56 bits per heavy atom. The number of rotatable bonds is 3. The number of piperidine rings is 1. The number of H-pyrrole nitrogens is 1. The summed E-state index contributed by atoms with van der Waals surface area (Å²) in [4.78, 5) is 0.258. The van der Waals surface area contributed by atoms with E-state index < -0.39 is 10.0 Å². The van der Waals surface area contributed by atoms with Gasteiger partial charge in [0.15, 0.2) is 0 Å². The molecule has 0 aromatic carbocycles. The molecule has 0 spiro atoms. The first-order valence-corrected chi connectivity index (χ1v) is 7.81. The molecule has 2 atom stereocenters. The third kappa shape index (κ3) is 2.17. The van der Waals surface area contributed by atoms with Gasteiger partial charge in [-0.2, -0.15) is 5.10 Å². The molecule has 1 aromatic heterocycles. The van der Waals surface area contributed by atoms with E-state index in [1.807, 2.05) is 0 Å². The van der Waals surface area contributed by atoms with E-state index in [9.17, 15) is 8.42 Å². The van der Waals surface area contributed by atoms with Crippen molar-refractivity contribution >= 4 is 10.0 Å². The highest BCUT2D eigenvalue weighted by molar-refractivity contribution is 7.89. The van der Waals surface area contributed by atoms with Gasteiger partial charge in [-0.25, -0.2) is 13.1 Å². The minimum atomic E-state index is -3.44. The van der Waals surface area contributed by atoms with Crippen LogP contribution in [-0.4, -0.2) is 36.7 Å². The molecule has 2 unspecified atom stereocenters. The molecule has 3 heterocycles. The van der Waals surface area contributed by atoms with E-state index >= 15 is 0 Å². The van der Waals surface area contributed by atoms with Gasteiger partial charge in [0.05, 0.1) is 11.9 Å². The molecule has 2 saturated heterocycles. The summed E-state index contributed by atoms with van der Waals surface area (Å²) in [6.07, 6.45) is 5.45. The summed E-state index contributed by atoms with van der Waals surface area (Å²) in [5.41, 5.74) is 0.583. The highest BCUT2D eigenvalue weighted by Gasteiger charge is 2.35. The number of aryl methyl sites for hydroxylation is 1. The molecule has 2 bridgehead atoms. The molecule has 100 valence electrons. The molecule has 0 radical (unpaired) electrons. The lowest BCUT2D eigenvalue weighted by Gasteiger charge is -2.29. The van der Waals surface area contributed by atoms with E-state index in [0.717, 1.165) is 25.7 Å². The van der Waals surface area contributed by atoms with Crippen LogP contribution in [0.4, 0.5) is 0 Å². The molecule has 7 heteroatoms. The van der Waals surface area contributed by atoms with E-state index in [4.69, 9.17) is 0 Å². The van der Waals surface area contributed by atoms with Gasteiger partial charge in [-0.15, -0.1) is 0 Å². The summed E-state index contributed by atoms with van der Waals surface area (Å²) < 4.78 is 27.3.